The van der Waals surface area contributed by atoms with Crippen molar-refractivity contribution in [3.8, 4) is 0 Å². The average Bonchev–Trinajstić information content (AvgIpc) is 2.37. The second-order valence-electron chi connectivity index (χ2n) is 4.61. The van der Waals surface area contributed by atoms with Crippen LogP contribution in [0.2, 0.25) is 0 Å². The molecule has 2 heterocycles. The topological polar surface area (TPSA) is 36.4 Å². The third-order valence-electron chi connectivity index (χ3n) is 3.20. The maximum Gasteiger partial charge on any atom is 0.0963 e. The van der Waals surface area contributed by atoms with Crippen LogP contribution in [0, 0.1) is 0 Å². The normalized spacial score (nSPS) is 20.5. The maximum absolute atomic E-state index is 4.49. The lowest BCUT2D eigenvalue weighted by Gasteiger charge is -2.16. The molecule has 0 aromatic heterocycles. The van der Waals surface area contributed by atoms with Crippen molar-refractivity contribution in [2.24, 2.45) is 4.99 Å². The Kier molecular flexibility index (Phi) is 4.71. The van der Waals surface area contributed by atoms with E-state index in [1.165, 1.54) is 56.6 Å². The van der Waals surface area contributed by atoms with Crippen LogP contribution >= 0.6 is 0 Å². The summed E-state index contributed by atoms with van der Waals surface area (Å²) in [6, 6.07) is 0. The third-order valence-corrected chi connectivity index (χ3v) is 3.20. The molecule has 3 nitrogen and oxygen atoms in total. The lowest BCUT2D eigenvalue weighted by molar-refractivity contribution is 0.626. The van der Waals surface area contributed by atoms with Gasteiger partial charge in [0.15, 0.2) is 0 Å². The molecule has 0 amide bonds. The van der Waals surface area contributed by atoms with Gasteiger partial charge in [0.05, 0.1) is 5.84 Å². The van der Waals surface area contributed by atoms with Gasteiger partial charge in [-0.15, -0.1) is 0 Å². The highest BCUT2D eigenvalue weighted by molar-refractivity contribution is 5.82. The number of allylic oxidation sites excluding steroid dienone is 2. The molecule has 2 aliphatic heterocycles. The van der Waals surface area contributed by atoms with Crippen molar-refractivity contribution in [1.29, 1.82) is 0 Å². The Morgan fingerprint density at radius 1 is 1.06 bits per heavy atom. The summed E-state index contributed by atoms with van der Waals surface area (Å²) >= 11 is 0. The van der Waals surface area contributed by atoms with E-state index in [9.17, 15) is 0 Å². The predicted octanol–water partition coefficient (Wildman–Crippen LogP) is 2.21. The Bertz CT molecular complexity index is 240. The fourth-order valence-electron chi connectivity index (χ4n) is 2.25. The van der Waals surface area contributed by atoms with Crippen molar-refractivity contribution in [3.63, 3.8) is 0 Å². The summed E-state index contributed by atoms with van der Waals surface area (Å²) in [5.74, 6) is 1.23. The number of aliphatic imine (C=N–C) groups is 1. The van der Waals surface area contributed by atoms with Crippen LogP contribution in [0.3, 0.4) is 0 Å². The molecular weight excluding hydrogens is 198 g/mol. The zero-order valence-electron chi connectivity index (χ0n) is 10.1. The summed E-state index contributed by atoms with van der Waals surface area (Å²) in [6.07, 6.45) is 11.0. The molecule has 2 aliphatic rings. The Hall–Kier alpha value is -0.990. The first-order valence-electron chi connectivity index (χ1n) is 6.65. The van der Waals surface area contributed by atoms with Gasteiger partial charge in [0.1, 0.15) is 0 Å². The summed E-state index contributed by atoms with van der Waals surface area (Å²) in [7, 11) is 0. The van der Waals surface area contributed by atoms with E-state index in [-0.39, 0.29) is 0 Å². The minimum absolute atomic E-state index is 1.02. The molecule has 0 aromatic carbocycles. The molecule has 2 N–H and O–H groups in total. The third kappa shape index (κ3) is 3.87. The molecule has 0 aromatic rings. The summed E-state index contributed by atoms with van der Waals surface area (Å²) < 4.78 is 0. The second-order valence-corrected chi connectivity index (χ2v) is 4.61. The minimum Gasteiger partial charge on any atom is -0.389 e. The van der Waals surface area contributed by atoms with Crippen LogP contribution in [-0.2, 0) is 0 Å². The van der Waals surface area contributed by atoms with Crippen LogP contribution in [0.4, 0.5) is 0 Å². The van der Waals surface area contributed by atoms with Crippen molar-refractivity contribution in [2.75, 3.05) is 19.6 Å². The molecule has 0 unspecified atom stereocenters. The molecule has 0 saturated heterocycles. The highest BCUT2D eigenvalue weighted by Crippen LogP contribution is 2.12. The molecule has 0 fully saturated rings. The summed E-state index contributed by atoms with van der Waals surface area (Å²) in [4.78, 5) is 4.49. The first kappa shape index (κ1) is 11.5. The first-order chi connectivity index (χ1) is 7.95. The monoisotopic (exact) mass is 221 g/mol. The maximum atomic E-state index is 4.49. The van der Waals surface area contributed by atoms with Crippen LogP contribution in [-0.4, -0.2) is 25.5 Å². The van der Waals surface area contributed by atoms with E-state index in [2.05, 4.69) is 21.7 Å². The van der Waals surface area contributed by atoms with Gasteiger partial charge in [0.2, 0.25) is 0 Å². The van der Waals surface area contributed by atoms with Crippen LogP contribution in [0.1, 0.15) is 44.9 Å². The number of nitrogens with one attached hydrogen (secondary N) is 2. The first-order valence-corrected chi connectivity index (χ1v) is 6.65. The van der Waals surface area contributed by atoms with Gasteiger partial charge in [0.25, 0.3) is 0 Å². The highest BCUT2D eigenvalue weighted by atomic mass is 15.0. The largest absolute Gasteiger partial charge is 0.389 e. The zero-order chi connectivity index (χ0) is 11.1. The van der Waals surface area contributed by atoms with Crippen LogP contribution < -0.4 is 10.6 Å². The van der Waals surface area contributed by atoms with Gasteiger partial charge in [-0.1, -0.05) is 6.08 Å². The number of rotatable bonds is 5. The van der Waals surface area contributed by atoms with Crippen LogP contribution in [0.15, 0.2) is 16.8 Å². The molecule has 0 radical (unpaired) electrons. The molecule has 0 aliphatic carbocycles. The van der Waals surface area contributed by atoms with Crippen molar-refractivity contribution in [1.82, 2.24) is 10.6 Å². The van der Waals surface area contributed by atoms with E-state index in [0.717, 1.165) is 19.5 Å². The summed E-state index contributed by atoms with van der Waals surface area (Å²) in [6.45, 7) is 3.31. The molecule has 16 heavy (non-hydrogen) atoms. The smallest absolute Gasteiger partial charge is 0.0963 e. The number of hydrogen-bond acceptors (Lipinski definition) is 3. The van der Waals surface area contributed by atoms with Gasteiger partial charge in [-0.3, -0.25) is 4.99 Å². The van der Waals surface area contributed by atoms with Crippen molar-refractivity contribution in [3.05, 3.63) is 11.8 Å². The van der Waals surface area contributed by atoms with Gasteiger partial charge in [0, 0.05) is 31.8 Å². The molecule has 0 saturated carbocycles. The van der Waals surface area contributed by atoms with E-state index in [1.807, 2.05) is 0 Å². The van der Waals surface area contributed by atoms with Gasteiger partial charge < -0.3 is 10.6 Å². The number of amidine groups is 1. The molecule has 90 valence electrons. The zero-order valence-corrected chi connectivity index (χ0v) is 10.1. The molecule has 2 rings (SSSR count). The summed E-state index contributed by atoms with van der Waals surface area (Å²) in [5, 5.41) is 6.85. The van der Waals surface area contributed by atoms with E-state index in [4.69, 9.17) is 0 Å². The fourth-order valence-corrected chi connectivity index (χ4v) is 2.25. The number of nitrogens with zero attached hydrogens (tertiary/aromatic N) is 1. The van der Waals surface area contributed by atoms with Gasteiger partial charge >= 0.3 is 0 Å². The van der Waals surface area contributed by atoms with E-state index >= 15 is 0 Å². The van der Waals surface area contributed by atoms with Gasteiger partial charge in [-0.2, -0.15) is 0 Å². The predicted molar refractivity (Wildman–Crippen MR) is 68.7 cm³/mol. The molecule has 3 heteroatoms. The SMILES string of the molecule is C1=C(CCCCC2=NCCCN2)NCCC1. The van der Waals surface area contributed by atoms with Gasteiger partial charge in [-0.25, -0.2) is 0 Å². The lowest BCUT2D eigenvalue weighted by Crippen LogP contribution is -2.29. The quantitative estimate of drug-likeness (QED) is 0.698. The minimum atomic E-state index is 1.02. The van der Waals surface area contributed by atoms with E-state index in [0.29, 0.717) is 0 Å². The fraction of sp³-hybridized carbons (Fsp3) is 0.769. The highest BCUT2D eigenvalue weighted by Gasteiger charge is 2.05. The molecule has 0 bridgehead atoms. The van der Waals surface area contributed by atoms with Crippen molar-refractivity contribution < 1.29 is 0 Å². The molecular formula is C13H23N3. The Balaban J connectivity index is 1.57. The molecule has 0 atom stereocenters. The Morgan fingerprint density at radius 3 is 2.69 bits per heavy atom. The van der Waals surface area contributed by atoms with E-state index in [1.54, 1.807) is 0 Å². The summed E-state index contributed by atoms with van der Waals surface area (Å²) in [5.41, 5.74) is 1.46. The van der Waals surface area contributed by atoms with Crippen molar-refractivity contribution in [2.45, 2.75) is 44.9 Å². The standard InChI is InChI=1S/C13H23N3/c1(6-12-7-3-4-9-14-12)2-8-13-15-10-5-11-16-13/h7,14H,1-6,8-11H2,(H,15,16). The number of hydrogen-bond donors (Lipinski definition) is 2. The average molecular weight is 221 g/mol. The Morgan fingerprint density at radius 2 is 1.94 bits per heavy atom. The van der Waals surface area contributed by atoms with E-state index < -0.39 is 0 Å². The van der Waals surface area contributed by atoms with Crippen molar-refractivity contribution >= 4 is 5.84 Å². The van der Waals surface area contributed by atoms with Crippen LogP contribution in [0.25, 0.3) is 0 Å². The molecule has 0 spiro atoms. The lowest BCUT2D eigenvalue weighted by atomic mass is 10.1. The Labute approximate surface area is 98.4 Å². The second kappa shape index (κ2) is 6.56. The number of unbranched alkanes of at least 4 members (excludes halogenated alkanes) is 1. The van der Waals surface area contributed by atoms with Gasteiger partial charge in [-0.05, 0) is 38.5 Å². The van der Waals surface area contributed by atoms with Crippen LogP contribution in [0.5, 0.6) is 0 Å².